The Balaban J connectivity index is 2.01. The number of carbonyl (C=O) groups is 2. The molecule has 0 atom stereocenters. The minimum Gasteiger partial charge on any atom is -0.462 e. The molecule has 0 fully saturated rings. The molecule has 0 unspecified atom stereocenters. The maximum absolute atomic E-state index is 13.3. The number of nitrogens with zero attached hydrogens (tertiary/aromatic N) is 2. The summed E-state index contributed by atoms with van der Waals surface area (Å²) in [5.74, 6) is -0.421. The molecule has 1 amide bonds. The van der Waals surface area contributed by atoms with Crippen molar-refractivity contribution < 1.29 is 14.3 Å². The molecule has 1 aromatic heterocycles. The van der Waals surface area contributed by atoms with Crippen LogP contribution in [0, 0.1) is 13.8 Å². The summed E-state index contributed by atoms with van der Waals surface area (Å²) in [5, 5.41) is 0.578. The first-order chi connectivity index (χ1) is 14.2. The first-order valence-corrected chi connectivity index (χ1v) is 10.5. The summed E-state index contributed by atoms with van der Waals surface area (Å²) < 4.78 is 5.17. The highest BCUT2D eigenvalue weighted by atomic mass is 35.5. The number of hydrogen-bond acceptors (Lipinski definition) is 4. The molecular weight excluding hydrogens is 402 g/mol. The maximum atomic E-state index is 13.3. The van der Waals surface area contributed by atoms with Gasteiger partial charge in [-0.25, -0.2) is 4.79 Å². The molecule has 0 spiro atoms. The SMILES string of the molecule is CCOC(=O)c1c(C)[nH]c(/C=C2\C(=O)N(CCCN(C)C)c3ccc(Cl)cc32)c1C. The van der Waals surface area contributed by atoms with Crippen molar-refractivity contribution in [1.82, 2.24) is 9.88 Å². The second-order valence-corrected chi connectivity index (χ2v) is 8.15. The molecule has 1 N–H and O–H groups in total. The summed E-state index contributed by atoms with van der Waals surface area (Å²) in [6, 6.07) is 5.52. The van der Waals surface area contributed by atoms with Crippen molar-refractivity contribution in [3.63, 3.8) is 0 Å². The molecule has 2 aromatic rings. The summed E-state index contributed by atoms with van der Waals surface area (Å²) in [6.07, 6.45) is 2.68. The fourth-order valence-corrected chi connectivity index (χ4v) is 3.98. The zero-order valence-corrected chi connectivity index (χ0v) is 18.9. The molecule has 3 rings (SSSR count). The standard InChI is InChI=1S/C23H28ClN3O3/c1-6-30-23(29)21-14(2)19(25-15(21)3)13-18-17-12-16(24)8-9-20(17)27(22(18)28)11-7-10-26(4)5/h8-9,12-13,25H,6-7,10-11H2,1-5H3/b18-13-. The summed E-state index contributed by atoms with van der Waals surface area (Å²) in [4.78, 5) is 32.7. The van der Waals surface area contributed by atoms with E-state index in [9.17, 15) is 9.59 Å². The first-order valence-electron chi connectivity index (χ1n) is 10.1. The number of esters is 1. The number of aryl methyl sites for hydroxylation is 1. The van der Waals surface area contributed by atoms with Crippen LogP contribution in [0.4, 0.5) is 5.69 Å². The molecule has 0 saturated carbocycles. The molecule has 0 bridgehead atoms. The number of halogens is 1. The van der Waals surface area contributed by atoms with Crippen LogP contribution in [0.25, 0.3) is 11.6 Å². The van der Waals surface area contributed by atoms with Crippen LogP contribution in [0.15, 0.2) is 18.2 Å². The summed E-state index contributed by atoms with van der Waals surface area (Å²) in [6.45, 7) is 7.29. The third-order valence-corrected chi connectivity index (χ3v) is 5.48. The van der Waals surface area contributed by atoms with Crippen LogP contribution in [0.1, 0.15) is 46.2 Å². The molecule has 6 nitrogen and oxygen atoms in total. The maximum Gasteiger partial charge on any atom is 0.340 e. The Morgan fingerprint density at radius 2 is 2.03 bits per heavy atom. The van der Waals surface area contributed by atoms with Crippen molar-refractivity contribution in [1.29, 1.82) is 0 Å². The minimum absolute atomic E-state index is 0.0599. The van der Waals surface area contributed by atoms with Gasteiger partial charge in [-0.2, -0.15) is 0 Å². The van der Waals surface area contributed by atoms with Crippen LogP contribution in [0.3, 0.4) is 0 Å². The van der Waals surface area contributed by atoms with Gasteiger partial charge in [0, 0.05) is 28.5 Å². The highest BCUT2D eigenvalue weighted by molar-refractivity contribution is 6.37. The lowest BCUT2D eigenvalue weighted by molar-refractivity contribution is -0.113. The number of H-pyrrole nitrogens is 1. The van der Waals surface area contributed by atoms with Crippen molar-refractivity contribution in [3.8, 4) is 0 Å². The van der Waals surface area contributed by atoms with Crippen molar-refractivity contribution in [2.75, 3.05) is 38.7 Å². The topological polar surface area (TPSA) is 65.6 Å². The summed E-state index contributed by atoms with van der Waals surface area (Å²) in [7, 11) is 4.03. The highest BCUT2D eigenvalue weighted by Crippen LogP contribution is 2.39. The van der Waals surface area contributed by atoms with Crippen molar-refractivity contribution in [2.45, 2.75) is 27.2 Å². The van der Waals surface area contributed by atoms with Gasteiger partial charge in [0.15, 0.2) is 0 Å². The third kappa shape index (κ3) is 4.30. The number of hydrogen-bond donors (Lipinski definition) is 1. The fourth-order valence-electron chi connectivity index (χ4n) is 3.81. The number of ether oxygens (including phenoxy) is 1. The third-order valence-electron chi connectivity index (χ3n) is 5.25. The molecule has 0 saturated heterocycles. The zero-order valence-electron chi connectivity index (χ0n) is 18.1. The van der Waals surface area contributed by atoms with E-state index >= 15 is 0 Å². The van der Waals surface area contributed by atoms with Gasteiger partial charge in [-0.1, -0.05) is 11.6 Å². The van der Waals surface area contributed by atoms with E-state index in [1.807, 2.05) is 46.2 Å². The van der Waals surface area contributed by atoms with E-state index in [4.69, 9.17) is 16.3 Å². The number of aromatic amines is 1. The van der Waals surface area contributed by atoms with Gasteiger partial charge in [-0.15, -0.1) is 0 Å². The fraction of sp³-hybridized carbons (Fsp3) is 0.391. The average molecular weight is 430 g/mol. The number of amides is 1. The summed E-state index contributed by atoms with van der Waals surface area (Å²) >= 11 is 6.24. The van der Waals surface area contributed by atoms with Gasteiger partial charge in [-0.05, 0) is 77.7 Å². The van der Waals surface area contributed by atoms with Gasteiger partial charge in [0.05, 0.1) is 23.4 Å². The Labute approximate surface area is 182 Å². The van der Waals surface area contributed by atoms with E-state index in [1.54, 1.807) is 17.9 Å². The van der Waals surface area contributed by atoms with Crippen LogP contribution >= 0.6 is 11.6 Å². The van der Waals surface area contributed by atoms with Crippen LogP contribution in [-0.2, 0) is 9.53 Å². The van der Waals surface area contributed by atoms with E-state index in [1.165, 1.54) is 0 Å². The normalized spacial score (nSPS) is 14.7. The van der Waals surface area contributed by atoms with Gasteiger partial charge in [0.2, 0.25) is 0 Å². The van der Waals surface area contributed by atoms with E-state index < -0.39 is 0 Å². The number of aromatic nitrogens is 1. The average Bonchev–Trinajstić information content (AvgIpc) is 3.09. The molecule has 2 heterocycles. The Morgan fingerprint density at radius 3 is 2.70 bits per heavy atom. The van der Waals surface area contributed by atoms with Gasteiger partial charge in [0.25, 0.3) is 5.91 Å². The Morgan fingerprint density at radius 1 is 1.30 bits per heavy atom. The van der Waals surface area contributed by atoms with Crippen LogP contribution in [0.5, 0.6) is 0 Å². The van der Waals surface area contributed by atoms with Gasteiger partial charge in [0.1, 0.15) is 0 Å². The molecule has 1 aliphatic heterocycles. The predicted molar refractivity (Wildman–Crippen MR) is 121 cm³/mol. The number of anilines is 1. The molecule has 1 aromatic carbocycles. The molecule has 0 radical (unpaired) electrons. The number of nitrogens with one attached hydrogen (secondary N) is 1. The lowest BCUT2D eigenvalue weighted by Crippen LogP contribution is -2.29. The van der Waals surface area contributed by atoms with Gasteiger partial charge >= 0.3 is 5.97 Å². The number of rotatable bonds is 7. The van der Waals surface area contributed by atoms with Crippen LogP contribution < -0.4 is 4.90 Å². The van der Waals surface area contributed by atoms with Crippen molar-refractivity contribution in [3.05, 3.63) is 51.3 Å². The molecule has 0 aliphatic carbocycles. The predicted octanol–water partition coefficient (Wildman–Crippen LogP) is 4.30. The van der Waals surface area contributed by atoms with Crippen LogP contribution in [0.2, 0.25) is 5.02 Å². The molecule has 7 heteroatoms. The monoisotopic (exact) mass is 429 g/mol. The molecular formula is C23H28ClN3O3. The van der Waals surface area contributed by atoms with E-state index in [-0.39, 0.29) is 11.9 Å². The highest BCUT2D eigenvalue weighted by Gasteiger charge is 2.32. The number of carbonyl (C=O) groups excluding carboxylic acids is 2. The quantitative estimate of drug-likeness (QED) is 0.526. The Bertz CT molecular complexity index is 1010. The van der Waals surface area contributed by atoms with Crippen molar-refractivity contribution >= 4 is 40.8 Å². The first kappa shape index (κ1) is 22.1. The second kappa shape index (κ2) is 9.06. The van der Waals surface area contributed by atoms with E-state index in [0.717, 1.165) is 41.2 Å². The number of fused-ring (bicyclic) bond motifs is 1. The van der Waals surface area contributed by atoms with Gasteiger partial charge in [-0.3, -0.25) is 4.79 Å². The molecule has 1 aliphatic rings. The minimum atomic E-state index is -0.361. The van der Waals surface area contributed by atoms with E-state index in [0.29, 0.717) is 29.3 Å². The summed E-state index contributed by atoms with van der Waals surface area (Å²) in [5.41, 5.74) is 4.96. The second-order valence-electron chi connectivity index (χ2n) is 7.72. The zero-order chi connectivity index (χ0) is 22.0. The van der Waals surface area contributed by atoms with Crippen molar-refractivity contribution in [2.24, 2.45) is 0 Å². The Hall–Kier alpha value is -2.57. The lowest BCUT2D eigenvalue weighted by atomic mass is 10.0. The smallest absolute Gasteiger partial charge is 0.340 e. The van der Waals surface area contributed by atoms with Crippen LogP contribution in [-0.4, -0.2) is 55.6 Å². The van der Waals surface area contributed by atoms with Gasteiger partial charge < -0.3 is 19.5 Å². The molecule has 30 heavy (non-hydrogen) atoms. The lowest BCUT2D eigenvalue weighted by Gasteiger charge is -2.18. The number of benzene rings is 1. The van der Waals surface area contributed by atoms with E-state index in [2.05, 4.69) is 9.88 Å². The molecule has 160 valence electrons. The Kier molecular flexibility index (Phi) is 6.68. The largest absolute Gasteiger partial charge is 0.462 e.